The van der Waals surface area contributed by atoms with Crippen LogP contribution >= 0.6 is 0 Å². The first kappa shape index (κ1) is 18.5. The molecule has 3 N–H and O–H groups in total. The van der Waals surface area contributed by atoms with E-state index in [1.165, 1.54) is 31.4 Å². The summed E-state index contributed by atoms with van der Waals surface area (Å²) in [5, 5.41) is 3.03. The monoisotopic (exact) mass is 361 g/mol. The molecule has 1 heterocycles. The van der Waals surface area contributed by atoms with Crippen molar-refractivity contribution in [2.24, 2.45) is 16.6 Å². The molecule has 3 rings (SSSR count). The van der Waals surface area contributed by atoms with Crippen LogP contribution in [0.4, 0.5) is 10.1 Å². The fraction of sp³-hybridized carbons (Fsp3) is 0.579. The highest BCUT2D eigenvalue weighted by Crippen LogP contribution is 2.26. The number of halogens is 1. The molecule has 1 aliphatic heterocycles. The Morgan fingerprint density at radius 1 is 1.19 bits per heavy atom. The minimum atomic E-state index is -0.231. The second-order valence-corrected chi connectivity index (χ2v) is 7.04. The van der Waals surface area contributed by atoms with Gasteiger partial charge in [0, 0.05) is 51.4 Å². The Labute approximate surface area is 154 Å². The van der Waals surface area contributed by atoms with Crippen molar-refractivity contribution < 1.29 is 9.18 Å². The van der Waals surface area contributed by atoms with Crippen molar-refractivity contribution in [1.82, 2.24) is 10.2 Å². The topological polar surface area (TPSA) is 74.0 Å². The van der Waals surface area contributed by atoms with Gasteiger partial charge in [0.2, 0.25) is 5.91 Å². The Hall–Kier alpha value is -2.31. The minimum Gasteiger partial charge on any atom is -0.370 e. The molecule has 1 saturated carbocycles. The lowest BCUT2D eigenvalue weighted by Gasteiger charge is -2.36. The number of nitrogens with one attached hydrogen (secondary N) is 1. The molecule has 0 radical (unpaired) electrons. The number of amides is 1. The number of benzene rings is 1. The maximum atomic E-state index is 13.0. The van der Waals surface area contributed by atoms with E-state index in [9.17, 15) is 9.18 Å². The van der Waals surface area contributed by atoms with Crippen molar-refractivity contribution in [1.29, 1.82) is 0 Å². The lowest BCUT2D eigenvalue weighted by Crippen LogP contribution is -2.49. The summed E-state index contributed by atoms with van der Waals surface area (Å²) in [6.07, 6.45) is 4.21. The van der Waals surface area contributed by atoms with E-state index < -0.39 is 0 Å². The second kappa shape index (κ2) is 8.87. The van der Waals surface area contributed by atoms with E-state index in [0.717, 1.165) is 25.3 Å². The summed E-state index contributed by atoms with van der Waals surface area (Å²) in [5.74, 6) is 1.02. The Morgan fingerprint density at radius 3 is 2.50 bits per heavy atom. The Balaban J connectivity index is 1.34. The zero-order valence-corrected chi connectivity index (χ0v) is 15.2. The molecular weight excluding hydrogens is 333 g/mol. The van der Waals surface area contributed by atoms with E-state index in [1.54, 1.807) is 12.1 Å². The number of nitrogens with zero attached hydrogens (tertiary/aromatic N) is 3. The molecule has 0 atom stereocenters. The second-order valence-electron chi connectivity index (χ2n) is 7.04. The molecule has 0 spiro atoms. The molecule has 0 unspecified atom stereocenters. The highest BCUT2D eigenvalue weighted by molar-refractivity contribution is 5.80. The first-order valence-electron chi connectivity index (χ1n) is 9.44. The van der Waals surface area contributed by atoms with Crippen molar-refractivity contribution in [3.63, 3.8) is 0 Å². The molecule has 142 valence electrons. The lowest BCUT2D eigenvalue weighted by atomic mass is 9.86. The van der Waals surface area contributed by atoms with Gasteiger partial charge in [-0.05, 0) is 43.0 Å². The third-order valence-electron chi connectivity index (χ3n) is 5.21. The Kier molecular flexibility index (Phi) is 6.30. The van der Waals surface area contributed by atoms with E-state index in [2.05, 4.69) is 15.2 Å². The largest absolute Gasteiger partial charge is 0.370 e. The molecule has 0 aromatic heterocycles. The van der Waals surface area contributed by atoms with Crippen molar-refractivity contribution in [3.8, 4) is 0 Å². The number of anilines is 1. The molecule has 1 amide bonds. The highest BCUT2D eigenvalue weighted by Gasteiger charge is 2.21. The molecule has 26 heavy (non-hydrogen) atoms. The maximum Gasteiger partial charge on any atom is 0.224 e. The Morgan fingerprint density at radius 2 is 1.88 bits per heavy atom. The lowest BCUT2D eigenvalue weighted by molar-refractivity contribution is -0.131. The summed E-state index contributed by atoms with van der Waals surface area (Å²) < 4.78 is 13.0. The molecule has 1 aromatic rings. The van der Waals surface area contributed by atoms with Crippen LogP contribution in [0.2, 0.25) is 0 Å². The molecule has 2 aliphatic rings. The van der Waals surface area contributed by atoms with Crippen LogP contribution in [0.5, 0.6) is 0 Å². The van der Waals surface area contributed by atoms with Crippen molar-refractivity contribution in [2.45, 2.75) is 25.7 Å². The predicted molar refractivity (Wildman–Crippen MR) is 102 cm³/mol. The summed E-state index contributed by atoms with van der Waals surface area (Å²) in [6, 6.07) is 6.50. The number of hydrogen-bond donors (Lipinski definition) is 2. The van der Waals surface area contributed by atoms with Gasteiger partial charge in [0.05, 0.1) is 0 Å². The number of rotatable bonds is 6. The summed E-state index contributed by atoms with van der Waals surface area (Å²) in [6.45, 7) is 4.18. The first-order chi connectivity index (χ1) is 12.6. The van der Waals surface area contributed by atoms with Gasteiger partial charge in [0.25, 0.3) is 0 Å². The van der Waals surface area contributed by atoms with Crippen molar-refractivity contribution in [3.05, 3.63) is 30.1 Å². The van der Waals surface area contributed by atoms with Gasteiger partial charge in [-0.3, -0.25) is 9.79 Å². The fourth-order valence-corrected chi connectivity index (χ4v) is 3.28. The van der Waals surface area contributed by atoms with Crippen LogP contribution in [0.1, 0.15) is 25.7 Å². The standard InChI is InChI=1S/C19H28FN5O/c20-16-4-6-17(7-5-16)24-10-12-25(13-11-24)18(26)8-9-22-19(21)23-14-15-2-1-3-15/h4-7,15H,1-3,8-14H2,(H3,21,22,23). The number of hydrogen-bond acceptors (Lipinski definition) is 3. The molecule has 2 fully saturated rings. The van der Waals surface area contributed by atoms with Gasteiger partial charge in [-0.2, -0.15) is 0 Å². The number of nitrogens with two attached hydrogens (primary N) is 1. The van der Waals surface area contributed by atoms with Crippen LogP contribution in [0.25, 0.3) is 0 Å². The van der Waals surface area contributed by atoms with E-state index in [1.807, 2.05) is 4.90 Å². The van der Waals surface area contributed by atoms with Gasteiger partial charge in [-0.15, -0.1) is 0 Å². The maximum absolute atomic E-state index is 13.0. The quantitative estimate of drug-likeness (QED) is 0.596. The molecule has 1 saturated heterocycles. The van der Waals surface area contributed by atoms with Crippen LogP contribution in [-0.4, -0.2) is 56.0 Å². The summed E-state index contributed by atoms with van der Waals surface area (Å²) in [7, 11) is 0. The summed E-state index contributed by atoms with van der Waals surface area (Å²) >= 11 is 0. The van der Waals surface area contributed by atoms with Crippen molar-refractivity contribution in [2.75, 3.05) is 44.2 Å². The normalized spacial score (nSPS) is 18.6. The molecule has 6 nitrogen and oxygen atoms in total. The minimum absolute atomic E-state index is 0.128. The van der Waals surface area contributed by atoms with Crippen molar-refractivity contribution >= 4 is 17.6 Å². The predicted octanol–water partition coefficient (Wildman–Crippen LogP) is 1.57. The summed E-state index contributed by atoms with van der Waals surface area (Å²) in [5.41, 5.74) is 6.84. The van der Waals surface area contributed by atoms with Gasteiger partial charge >= 0.3 is 0 Å². The average Bonchev–Trinajstić information content (AvgIpc) is 2.61. The molecular formula is C19H28FN5O. The van der Waals surface area contributed by atoms with Gasteiger partial charge < -0.3 is 20.9 Å². The van der Waals surface area contributed by atoms with Crippen LogP contribution in [0.3, 0.4) is 0 Å². The molecule has 1 aromatic carbocycles. The van der Waals surface area contributed by atoms with E-state index in [0.29, 0.717) is 37.9 Å². The third kappa shape index (κ3) is 5.09. The SMILES string of the molecule is NC(=NCC1CCC1)NCCC(=O)N1CCN(c2ccc(F)cc2)CC1. The van der Waals surface area contributed by atoms with Gasteiger partial charge in [0.1, 0.15) is 5.82 Å². The molecule has 1 aliphatic carbocycles. The van der Waals surface area contributed by atoms with E-state index in [4.69, 9.17) is 5.73 Å². The van der Waals surface area contributed by atoms with Gasteiger partial charge in [0.15, 0.2) is 5.96 Å². The third-order valence-corrected chi connectivity index (χ3v) is 5.21. The van der Waals surface area contributed by atoms with Crippen LogP contribution in [0.15, 0.2) is 29.3 Å². The van der Waals surface area contributed by atoms with Crippen LogP contribution in [0, 0.1) is 11.7 Å². The van der Waals surface area contributed by atoms with Gasteiger partial charge in [-0.25, -0.2) is 4.39 Å². The number of carbonyl (C=O) groups is 1. The average molecular weight is 361 g/mol. The number of aliphatic imine (C=N–C) groups is 1. The molecule has 7 heteroatoms. The van der Waals surface area contributed by atoms with E-state index in [-0.39, 0.29) is 11.7 Å². The number of piperazine rings is 1. The Bertz CT molecular complexity index is 621. The zero-order chi connectivity index (χ0) is 18.4. The number of guanidine groups is 1. The number of carbonyl (C=O) groups excluding carboxylic acids is 1. The molecule has 0 bridgehead atoms. The summed E-state index contributed by atoms with van der Waals surface area (Å²) in [4.78, 5) is 20.7. The smallest absolute Gasteiger partial charge is 0.224 e. The fourth-order valence-electron chi connectivity index (χ4n) is 3.28. The van der Waals surface area contributed by atoms with E-state index >= 15 is 0 Å². The highest BCUT2D eigenvalue weighted by atomic mass is 19.1. The van der Waals surface area contributed by atoms with Gasteiger partial charge in [-0.1, -0.05) is 6.42 Å². The van der Waals surface area contributed by atoms with Crippen LogP contribution in [-0.2, 0) is 4.79 Å². The first-order valence-corrected chi connectivity index (χ1v) is 9.44. The van der Waals surface area contributed by atoms with Crippen LogP contribution < -0.4 is 16.0 Å². The zero-order valence-electron chi connectivity index (χ0n) is 15.2.